The van der Waals surface area contributed by atoms with Crippen LogP contribution in [-0.2, 0) is 6.42 Å². The van der Waals surface area contributed by atoms with E-state index in [9.17, 15) is 0 Å². The van der Waals surface area contributed by atoms with Crippen LogP contribution in [0.3, 0.4) is 0 Å². The minimum Gasteiger partial charge on any atom is -0.493 e. The van der Waals surface area contributed by atoms with Gasteiger partial charge in [-0.25, -0.2) is 0 Å². The fourth-order valence-corrected chi connectivity index (χ4v) is 4.32. The van der Waals surface area contributed by atoms with E-state index in [-0.39, 0.29) is 30.9 Å². The molecule has 6 heteroatoms. The van der Waals surface area contributed by atoms with Gasteiger partial charge in [-0.1, -0.05) is 13.8 Å². The van der Waals surface area contributed by atoms with Crippen molar-refractivity contribution >= 4 is 24.8 Å². The van der Waals surface area contributed by atoms with Crippen LogP contribution in [0.5, 0.6) is 11.5 Å². The molecule has 1 saturated heterocycles. The highest BCUT2D eigenvalue weighted by Gasteiger charge is 2.38. The van der Waals surface area contributed by atoms with Crippen molar-refractivity contribution in [1.82, 2.24) is 4.90 Å². The van der Waals surface area contributed by atoms with Gasteiger partial charge in [0.15, 0.2) is 11.5 Å². The standard InChI is InChI=1S/C19H30N2O2.2ClH/c1-12(2)7-14-11-21-6-5-13-8-18(22-3)19(23-4)9-15(13)17(21)10-16(14)20;;/h8-9,12,14,16-17H,5-7,10-11,20H2,1-4H3;2*1H/t14-,16-,17-;;/m1../s1. The molecule has 0 bridgehead atoms. The van der Waals surface area contributed by atoms with E-state index in [0.29, 0.717) is 17.9 Å². The zero-order chi connectivity index (χ0) is 16.6. The van der Waals surface area contributed by atoms with Crippen molar-refractivity contribution in [2.75, 3.05) is 27.3 Å². The zero-order valence-corrected chi connectivity index (χ0v) is 17.3. The second-order valence-corrected chi connectivity index (χ2v) is 7.46. The number of methoxy groups -OCH3 is 2. The lowest BCUT2D eigenvalue weighted by Gasteiger charge is -2.46. The third-order valence-corrected chi connectivity index (χ3v) is 5.46. The highest BCUT2D eigenvalue weighted by Crippen LogP contribution is 2.43. The predicted octanol–water partition coefficient (Wildman–Crippen LogP) is 3.84. The Morgan fingerprint density at radius 2 is 1.80 bits per heavy atom. The predicted molar refractivity (Wildman–Crippen MR) is 108 cm³/mol. The van der Waals surface area contributed by atoms with Crippen LogP contribution in [0.4, 0.5) is 0 Å². The highest BCUT2D eigenvalue weighted by atomic mass is 35.5. The van der Waals surface area contributed by atoms with Crippen molar-refractivity contribution in [3.05, 3.63) is 23.3 Å². The number of nitrogens with zero attached hydrogens (tertiary/aromatic N) is 1. The molecule has 0 spiro atoms. The van der Waals surface area contributed by atoms with Gasteiger partial charge in [-0.3, -0.25) is 4.90 Å². The molecule has 0 radical (unpaired) electrons. The Balaban J connectivity index is 0.00000156. The molecular weight excluding hydrogens is 359 g/mol. The molecule has 3 atom stereocenters. The Labute approximate surface area is 164 Å². The molecule has 2 aliphatic rings. The third-order valence-electron chi connectivity index (χ3n) is 5.46. The van der Waals surface area contributed by atoms with E-state index < -0.39 is 0 Å². The molecule has 1 aromatic carbocycles. The van der Waals surface area contributed by atoms with Crippen molar-refractivity contribution in [2.24, 2.45) is 17.6 Å². The van der Waals surface area contributed by atoms with Crippen LogP contribution in [0.2, 0.25) is 0 Å². The van der Waals surface area contributed by atoms with Crippen LogP contribution in [0.25, 0.3) is 0 Å². The minimum atomic E-state index is 0. The molecule has 2 N–H and O–H groups in total. The van der Waals surface area contributed by atoms with Crippen molar-refractivity contribution in [3.8, 4) is 11.5 Å². The number of hydrogen-bond donors (Lipinski definition) is 1. The number of benzene rings is 1. The largest absolute Gasteiger partial charge is 0.493 e. The Hall–Kier alpha value is -0.680. The monoisotopic (exact) mass is 390 g/mol. The molecule has 1 fully saturated rings. The summed E-state index contributed by atoms with van der Waals surface area (Å²) >= 11 is 0. The number of piperidine rings is 1. The molecule has 2 heterocycles. The summed E-state index contributed by atoms with van der Waals surface area (Å²) in [6, 6.07) is 5.03. The fraction of sp³-hybridized carbons (Fsp3) is 0.684. The van der Waals surface area contributed by atoms with Crippen LogP contribution < -0.4 is 15.2 Å². The van der Waals surface area contributed by atoms with Gasteiger partial charge in [-0.05, 0) is 54.4 Å². The molecule has 2 aliphatic heterocycles. The maximum absolute atomic E-state index is 6.54. The summed E-state index contributed by atoms with van der Waals surface area (Å²) in [7, 11) is 3.41. The average molecular weight is 391 g/mol. The van der Waals surface area contributed by atoms with Crippen LogP contribution in [-0.4, -0.2) is 38.3 Å². The van der Waals surface area contributed by atoms with Crippen LogP contribution in [0.1, 0.15) is 43.9 Å². The molecule has 4 nitrogen and oxygen atoms in total. The minimum absolute atomic E-state index is 0. The summed E-state index contributed by atoms with van der Waals surface area (Å²) in [4.78, 5) is 2.63. The average Bonchev–Trinajstić information content (AvgIpc) is 2.53. The lowest BCUT2D eigenvalue weighted by molar-refractivity contribution is 0.0739. The van der Waals surface area contributed by atoms with Gasteiger partial charge in [0.1, 0.15) is 0 Å². The molecule has 144 valence electrons. The normalized spacial score (nSPS) is 25.3. The fourth-order valence-electron chi connectivity index (χ4n) is 4.32. The Kier molecular flexibility index (Phi) is 8.33. The molecule has 25 heavy (non-hydrogen) atoms. The van der Waals surface area contributed by atoms with Gasteiger partial charge in [0.25, 0.3) is 0 Å². The van der Waals surface area contributed by atoms with Crippen molar-refractivity contribution in [3.63, 3.8) is 0 Å². The Morgan fingerprint density at radius 3 is 2.40 bits per heavy atom. The van der Waals surface area contributed by atoms with E-state index >= 15 is 0 Å². The van der Waals surface area contributed by atoms with Crippen LogP contribution in [0, 0.1) is 11.8 Å². The lowest BCUT2D eigenvalue weighted by atomic mass is 9.78. The first kappa shape index (κ1) is 22.4. The number of halogens is 2. The molecule has 0 aliphatic carbocycles. The second kappa shape index (κ2) is 9.31. The topological polar surface area (TPSA) is 47.7 Å². The number of hydrogen-bond acceptors (Lipinski definition) is 4. The van der Waals surface area contributed by atoms with Crippen molar-refractivity contribution in [2.45, 2.75) is 45.2 Å². The molecule has 0 unspecified atom stereocenters. The first-order valence-electron chi connectivity index (χ1n) is 8.77. The van der Waals surface area contributed by atoms with Crippen LogP contribution in [0.15, 0.2) is 12.1 Å². The van der Waals surface area contributed by atoms with Gasteiger partial charge < -0.3 is 15.2 Å². The van der Waals surface area contributed by atoms with E-state index in [2.05, 4.69) is 30.9 Å². The molecule has 1 aromatic rings. The molecule has 3 rings (SSSR count). The SMILES string of the molecule is COc1cc2c(cc1OC)[C@H]1C[C@@H](N)[C@H](CC(C)C)CN1CC2.Cl.Cl. The zero-order valence-electron chi connectivity index (χ0n) is 15.7. The highest BCUT2D eigenvalue weighted by molar-refractivity contribution is 5.85. The number of ether oxygens (including phenoxy) is 2. The summed E-state index contributed by atoms with van der Waals surface area (Å²) in [5, 5.41) is 0. The molecule has 0 aromatic heterocycles. The maximum Gasteiger partial charge on any atom is 0.161 e. The van der Waals surface area contributed by atoms with E-state index in [1.54, 1.807) is 14.2 Å². The summed E-state index contributed by atoms with van der Waals surface area (Å²) in [6.45, 7) is 6.83. The third kappa shape index (κ3) is 4.54. The summed E-state index contributed by atoms with van der Waals surface area (Å²) in [5.74, 6) is 2.99. The van der Waals surface area contributed by atoms with E-state index in [0.717, 1.165) is 37.4 Å². The smallest absolute Gasteiger partial charge is 0.161 e. The second-order valence-electron chi connectivity index (χ2n) is 7.46. The lowest BCUT2D eigenvalue weighted by Crippen LogP contribution is -2.51. The quantitative estimate of drug-likeness (QED) is 0.847. The van der Waals surface area contributed by atoms with Gasteiger partial charge in [-0.15, -0.1) is 24.8 Å². The molecule has 0 saturated carbocycles. The summed E-state index contributed by atoms with van der Waals surface area (Å²) in [5.41, 5.74) is 9.30. The number of rotatable bonds is 4. The maximum atomic E-state index is 6.54. The molecular formula is C19H32Cl2N2O2. The van der Waals surface area contributed by atoms with Gasteiger partial charge >= 0.3 is 0 Å². The van der Waals surface area contributed by atoms with E-state index in [1.165, 1.54) is 17.5 Å². The first-order valence-corrected chi connectivity index (χ1v) is 8.77. The summed E-state index contributed by atoms with van der Waals surface area (Å²) in [6.07, 6.45) is 3.35. The molecule has 0 amide bonds. The van der Waals surface area contributed by atoms with Gasteiger partial charge in [-0.2, -0.15) is 0 Å². The summed E-state index contributed by atoms with van der Waals surface area (Å²) < 4.78 is 11.0. The van der Waals surface area contributed by atoms with E-state index in [1.807, 2.05) is 0 Å². The van der Waals surface area contributed by atoms with Gasteiger partial charge in [0.05, 0.1) is 14.2 Å². The Bertz CT molecular complexity index is 569. The van der Waals surface area contributed by atoms with Crippen LogP contribution >= 0.6 is 24.8 Å². The number of fused-ring (bicyclic) bond motifs is 3. The van der Waals surface area contributed by atoms with Crippen molar-refractivity contribution < 1.29 is 9.47 Å². The Morgan fingerprint density at radius 1 is 1.16 bits per heavy atom. The van der Waals surface area contributed by atoms with E-state index in [4.69, 9.17) is 15.2 Å². The van der Waals surface area contributed by atoms with Gasteiger partial charge in [0, 0.05) is 25.2 Å². The van der Waals surface area contributed by atoms with Crippen molar-refractivity contribution in [1.29, 1.82) is 0 Å². The van der Waals surface area contributed by atoms with Gasteiger partial charge in [0.2, 0.25) is 0 Å². The first-order chi connectivity index (χ1) is 11.0. The number of nitrogens with two attached hydrogens (primary N) is 1.